The van der Waals surface area contributed by atoms with Gasteiger partial charge in [-0.05, 0) is 43.5 Å². The monoisotopic (exact) mass is 297 g/mol. The fourth-order valence-corrected chi connectivity index (χ4v) is 2.87. The molecule has 0 bridgehead atoms. The highest BCUT2D eigenvalue weighted by atomic mass is 32.2. The molecule has 110 valence electrons. The Bertz CT molecular complexity index is 592. The molecule has 0 radical (unpaired) electrons. The normalized spacial score (nSPS) is 16.5. The van der Waals surface area contributed by atoms with Crippen LogP contribution in [0, 0.1) is 0 Å². The number of nitrogens with two attached hydrogens (primary N) is 1. The lowest BCUT2D eigenvalue weighted by molar-refractivity contribution is -0.118. The first-order valence-electron chi connectivity index (χ1n) is 6.55. The summed E-state index contributed by atoms with van der Waals surface area (Å²) >= 11 is 0. The topological polar surface area (TPSA) is 101 Å². The molecule has 2 rings (SSSR count). The summed E-state index contributed by atoms with van der Waals surface area (Å²) in [5.74, 6) is -0.113. The average molecular weight is 297 g/mol. The number of amides is 1. The lowest BCUT2D eigenvalue weighted by Crippen LogP contribution is -2.37. The summed E-state index contributed by atoms with van der Waals surface area (Å²) in [6.45, 7) is 1.80. The summed E-state index contributed by atoms with van der Waals surface area (Å²) in [6, 6.07) is 6.51. The van der Waals surface area contributed by atoms with E-state index < -0.39 is 15.6 Å². The highest BCUT2D eigenvalue weighted by molar-refractivity contribution is 7.92. The van der Waals surface area contributed by atoms with Gasteiger partial charge in [0.1, 0.15) is 0 Å². The molecule has 20 heavy (non-hydrogen) atoms. The van der Waals surface area contributed by atoms with Crippen molar-refractivity contribution in [1.82, 2.24) is 0 Å². The molecule has 1 fully saturated rings. The third-order valence-electron chi connectivity index (χ3n) is 3.13. The minimum Gasteiger partial charge on any atom is -0.324 e. The van der Waals surface area contributed by atoms with Crippen molar-refractivity contribution < 1.29 is 13.2 Å². The zero-order chi connectivity index (χ0) is 14.8. The summed E-state index contributed by atoms with van der Waals surface area (Å²) < 4.78 is 25.7. The first-order chi connectivity index (χ1) is 9.35. The van der Waals surface area contributed by atoms with Gasteiger partial charge < -0.3 is 11.1 Å². The molecule has 7 heteroatoms. The number of carbonyl (C=O) groups excluding carboxylic acids is 1. The Morgan fingerprint density at radius 3 is 2.30 bits per heavy atom. The van der Waals surface area contributed by atoms with Gasteiger partial charge >= 0.3 is 0 Å². The molecule has 1 aromatic carbocycles. The van der Waals surface area contributed by atoms with Crippen molar-refractivity contribution in [2.75, 3.05) is 15.8 Å². The second-order valence-corrected chi connectivity index (χ2v) is 6.95. The van der Waals surface area contributed by atoms with Gasteiger partial charge in [-0.3, -0.25) is 9.52 Å². The van der Waals surface area contributed by atoms with Gasteiger partial charge in [0.2, 0.25) is 15.9 Å². The van der Waals surface area contributed by atoms with Gasteiger partial charge in [0.15, 0.2) is 0 Å². The van der Waals surface area contributed by atoms with E-state index in [1.54, 1.807) is 31.2 Å². The Morgan fingerprint density at radius 2 is 1.80 bits per heavy atom. The molecule has 1 aliphatic carbocycles. The van der Waals surface area contributed by atoms with Gasteiger partial charge in [-0.2, -0.15) is 0 Å². The third-order valence-corrected chi connectivity index (χ3v) is 4.62. The fraction of sp³-hybridized carbons (Fsp3) is 0.462. The Hall–Kier alpha value is -1.60. The number of benzene rings is 1. The van der Waals surface area contributed by atoms with Crippen LogP contribution in [0.25, 0.3) is 0 Å². The number of nitrogens with one attached hydrogen (secondary N) is 2. The molecule has 1 saturated carbocycles. The summed E-state index contributed by atoms with van der Waals surface area (Å²) in [5.41, 5.74) is 6.14. The second-order valence-electron chi connectivity index (χ2n) is 5.11. The number of anilines is 2. The largest absolute Gasteiger partial charge is 0.324 e. The molecule has 1 aliphatic rings. The van der Waals surface area contributed by atoms with Crippen molar-refractivity contribution in [2.45, 2.75) is 31.7 Å². The number of sulfonamides is 1. The van der Waals surface area contributed by atoms with E-state index in [2.05, 4.69) is 10.0 Å². The number of hydrogen-bond acceptors (Lipinski definition) is 4. The van der Waals surface area contributed by atoms with Gasteiger partial charge in [-0.25, -0.2) is 8.42 Å². The van der Waals surface area contributed by atoms with E-state index in [-0.39, 0.29) is 11.7 Å². The van der Waals surface area contributed by atoms with Crippen LogP contribution in [-0.4, -0.2) is 25.6 Å². The molecule has 0 spiro atoms. The van der Waals surface area contributed by atoms with Crippen molar-refractivity contribution in [3.63, 3.8) is 0 Å². The molecule has 0 aromatic heterocycles. The van der Waals surface area contributed by atoms with Gasteiger partial charge in [0, 0.05) is 11.4 Å². The van der Waals surface area contributed by atoms with Crippen molar-refractivity contribution in [1.29, 1.82) is 0 Å². The van der Waals surface area contributed by atoms with E-state index in [4.69, 9.17) is 5.73 Å². The maximum Gasteiger partial charge on any atom is 0.244 e. The van der Waals surface area contributed by atoms with E-state index in [0.29, 0.717) is 30.6 Å². The third kappa shape index (κ3) is 3.71. The van der Waals surface area contributed by atoms with E-state index in [0.717, 1.165) is 0 Å². The minimum atomic E-state index is -3.29. The summed E-state index contributed by atoms with van der Waals surface area (Å²) in [7, 11) is -3.29. The van der Waals surface area contributed by atoms with Crippen molar-refractivity contribution >= 4 is 27.3 Å². The molecule has 0 heterocycles. The fourth-order valence-electron chi connectivity index (χ4n) is 1.74. The maximum atomic E-state index is 11.7. The Kier molecular flexibility index (Phi) is 4.01. The average Bonchev–Trinajstić information content (AvgIpc) is 3.11. The summed E-state index contributed by atoms with van der Waals surface area (Å²) in [6.07, 6.45) is 1.96. The predicted molar refractivity (Wildman–Crippen MR) is 78.9 cm³/mol. The van der Waals surface area contributed by atoms with Crippen molar-refractivity contribution in [2.24, 2.45) is 5.73 Å². The van der Waals surface area contributed by atoms with Crippen LogP contribution in [0.1, 0.15) is 26.2 Å². The maximum absolute atomic E-state index is 11.7. The molecule has 0 atom stereocenters. The highest BCUT2D eigenvalue weighted by Crippen LogP contribution is 2.33. The van der Waals surface area contributed by atoms with E-state index in [1.165, 1.54) is 0 Å². The number of rotatable bonds is 6. The van der Waals surface area contributed by atoms with Crippen LogP contribution in [0.4, 0.5) is 11.4 Å². The van der Waals surface area contributed by atoms with Crippen LogP contribution in [0.2, 0.25) is 0 Å². The standard InChI is InChI=1S/C13H19N3O3S/c1-2-9-20(18,19)16-11-5-3-10(4-6-11)15-12(17)13(14)7-8-13/h3-6,16H,2,7-9,14H2,1H3,(H,15,17). The zero-order valence-corrected chi connectivity index (χ0v) is 12.2. The first-order valence-corrected chi connectivity index (χ1v) is 8.21. The Morgan fingerprint density at radius 1 is 1.25 bits per heavy atom. The molecular formula is C13H19N3O3S. The van der Waals surface area contributed by atoms with Gasteiger partial charge in [0.25, 0.3) is 0 Å². The van der Waals surface area contributed by atoms with Crippen molar-refractivity contribution in [3.05, 3.63) is 24.3 Å². The SMILES string of the molecule is CCCS(=O)(=O)Nc1ccc(NC(=O)C2(N)CC2)cc1. The van der Waals surface area contributed by atoms with Crippen LogP contribution in [-0.2, 0) is 14.8 Å². The van der Waals surface area contributed by atoms with Crippen LogP contribution in [0.15, 0.2) is 24.3 Å². The highest BCUT2D eigenvalue weighted by Gasteiger charge is 2.45. The minimum absolute atomic E-state index is 0.0845. The molecule has 1 amide bonds. The van der Waals surface area contributed by atoms with Gasteiger partial charge in [-0.1, -0.05) is 6.92 Å². The summed E-state index contributed by atoms with van der Waals surface area (Å²) in [5, 5.41) is 2.72. The lowest BCUT2D eigenvalue weighted by atomic mass is 10.2. The molecule has 0 saturated heterocycles. The van der Waals surface area contributed by atoms with Gasteiger partial charge in [-0.15, -0.1) is 0 Å². The predicted octanol–water partition coefficient (Wildman–Crippen LogP) is 1.27. The number of carbonyl (C=O) groups is 1. The van der Waals surface area contributed by atoms with E-state index in [9.17, 15) is 13.2 Å². The molecule has 4 N–H and O–H groups in total. The van der Waals surface area contributed by atoms with Crippen LogP contribution in [0.5, 0.6) is 0 Å². The first kappa shape index (κ1) is 14.8. The molecule has 0 aliphatic heterocycles. The van der Waals surface area contributed by atoms with Crippen LogP contribution >= 0.6 is 0 Å². The van der Waals surface area contributed by atoms with E-state index >= 15 is 0 Å². The smallest absolute Gasteiger partial charge is 0.244 e. The molecular weight excluding hydrogens is 278 g/mol. The molecule has 6 nitrogen and oxygen atoms in total. The quantitative estimate of drug-likeness (QED) is 0.736. The lowest BCUT2D eigenvalue weighted by Gasteiger charge is -2.11. The Labute approximate surface area is 118 Å². The molecule has 0 unspecified atom stereocenters. The Balaban J connectivity index is 1.98. The second kappa shape index (κ2) is 5.41. The zero-order valence-electron chi connectivity index (χ0n) is 11.3. The summed E-state index contributed by atoms with van der Waals surface area (Å²) in [4.78, 5) is 11.7. The molecule has 1 aromatic rings. The van der Waals surface area contributed by atoms with E-state index in [1.807, 2.05) is 0 Å². The van der Waals surface area contributed by atoms with Gasteiger partial charge in [0.05, 0.1) is 11.3 Å². The number of hydrogen-bond donors (Lipinski definition) is 3. The van der Waals surface area contributed by atoms with Crippen LogP contribution in [0.3, 0.4) is 0 Å². The van der Waals surface area contributed by atoms with Crippen molar-refractivity contribution in [3.8, 4) is 0 Å². The van der Waals surface area contributed by atoms with Crippen LogP contribution < -0.4 is 15.8 Å².